The Balaban J connectivity index is 1.98. The topological polar surface area (TPSA) is 76.1 Å². The molecule has 8 heteroatoms. The van der Waals surface area contributed by atoms with E-state index in [1.165, 1.54) is 17.0 Å². The zero-order valence-electron chi connectivity index (χ0n) is 14.5. The van der Waals surface area contributed by atoms with Crippen molar-refractivity contribution in [2.24, 2.45) is 0 Å². The van der Waals surface area contributed by atoms with Gasteiger partial charge in [-0.15, -0.1) is 0 Å². The summed E-state index contributed by atoms with van der Waals surface area (Å²) in [5, 5.41) is 9.16. The Labute approximate surface area is 165 Å². The average Bonchev–Trinajstić information content (AvgIpc) is 2.95. The lowest BCUT2D eigenvalue weighted by molar-refractivity contribution is -0.113. The SMILES string of the molecule is COc1ccc(OC)c(/C=C2/SC(=S)N(c3cccc(C(=O)O)c3)C2=O)c1. The van der Waals surface area contributed by atoms with E-state index >= 15 is 0 Å². The van der Waals surface area contributed by atoms with Crippen molar-refractivity contribution < 1.29 is 24.2 Å². The number of thioether (sulfide) groups is 1. The lowest BCUT2D eigenvalue weighted by atomic mass is 10.1. The number of aromatic carboxylic acids is 1. The van der Waals surface area contributed by atoms with Crippen LogP contribution in [0.1, 0.15) is 15.9 Å². The van der Waals surface area contributed by atoms with Gasteiger partial charge < -0.3 is 14.6 Å². The van der Waals surface area contributed by atoms with Crippen molar-refractivity contribution in [1.29, 1.82) is 0 Å². The number of carboxylic acids is 1. The molecule has 6 nitrogen and oxygen atoms in total. The van der Waals surface area contributed by atoms with Crippen LogP contribution in [-0.4, -0.2) is 35.5 Å². The number of hydrogen-bond donors (Lipinski definition) is 1. The molecule has 0 bridgehead atoms. The number of anilines is 1. The fraction of sp³-hybridized carbons (Fsp3) is 0.105. The van der Waals surface area contributed by atoms with Gasteiger partial charge in [0.25, 0.3) is 5.91 Å². The third kappa shape index (κ3) is 3.81. The third-order valence-corrected chi connectivity index (χ3v) is 5.17. The van der Waals surface area contributed by atoms with Gasteiger partial charge in [0.2, 0.25) is 0 Å². The number of hydrogen-bond acceptors (Lipinski definition) is 6. The standard InChI is InChI=1S/C19H15NO5S2/c1-24-14-6-7-15(25-2)12(9-14)10-16-17(21)20(19(26)27-16)13-5-3-4-11(8-13)18(22)23/h3-10H,1-2H3,(H,22,23)/b16-10+. The van der Waals surface area contributed by atoms with Crippen molar-refractivity contribution in [1.82, 2.24) is 0 Å². The van der Waals surface area contributed by atoms with Crippen molar-refractivity contribution in [3.05, 3.63) is 58.5 Å². The number of amides is 1. The summed E-state index contributed by atoms with van der Waals surface area (Å²) in [6, 6.07) is 11.4. The summed E-state index contributed by atoms with van der Waals surface area (Å²) in [6.07, 6.45) is 1.68. The molecule has 1 fully saturated rings. The van der Waals surface area contributed by atoms with Crippen molar-refractivity contribution >= 4 is 51.9 Å². The highest BCUT2D eigenvalue weighted by atomic mass is 32.2. The van der Waals surface area contributed by atoms with E-state index < -0.39 is 5.97 Å². The van der Waals surface area contributed by atoms with E-state index in [2.05, 4.69) is 0 Å². The maximum Gasteiger partial charge on any atom is 0.335 e. The van der Waals surface area contributed by atoms with Crippen LogP contribution < -0.4 is 14.4 Å². The Kier molecular flexibility index (Phi) is 5.48. The Morgan fingerprint density at radius 2 is 1.96 bits per heavy atom. The van der Waals surface area contributed by atoms with Crippen LogP contribution in [-0.2, 0) is 4.79 Å². The van der Waals surface area contributed by atoms with Gasteiger partial charge in [0.15, 0.2) is 4.32 Å². The van der Waals surface area contributed by atoms with E-state index in [4.69, 9.17) is 26.8 Å². The van der Waals surface area contributed by atoms with E-state index in [1.807, 2.05) is 0 Å². The Hall–Kier alpha value is -2.84. The first-order chi connectivity index (χ1) is 12.9. The Bertz CT molecular complexity index is 970. The number of ether oxygens (including phenoxy) is 2. The molecule has 0 aliphatic carbocycles. The van der Waals surface area contributed by atoms with E-state index in [-0.39, 0.29) is 11.5 Å². The number of nitrogens with zero attached hydrogens (tertiary/aromatic N) is 1. The number of benzene rings is 2. The highest BCUT2D eigenvalue weighted by Gasteiger charge is 2.33. The normalized spacial score (nSPS) is 15.3. The third-order valence-electron chi connectivity index (χ3n) is 3.87. The second-order valence-corrected chi connectivity index (χ2v) is 7.16. The minimum atomic E-state index is -1.07. The minimum absolute atomic E-state index is 0.0833. The van der Waals surface area contributed by atoms with Crippen LogP contribution in [0.5, 0.6) is 11.5 Å². The van der Waals surface area contributed by atoms with Gasteiger partial charge in [0, 0.05) is 5.56 Å². The average molecular weight is 401 g/mol. The van der Waals surface area contributed by atoms with Gasteiger partial charge in [0.05, 0.1) is 30.4 Å². The molecule has 1 aliphatic heterocycles. The molecular weight excluding hydrogens is 386 g/mol. The van der Waals surface area contributed by atoms with Gasteiger partial charge in [-0.05, 0) is 42.5 Å². The van der Waals surface area contributed by atoms with Gasteiger partial charge in [0.1, 0.15) is 11.5 Å². The molecule has 27 heavy (non-hydrogen) atoms. The van der Waals surface area contributed by atoms with E-state index in [0.717, 1.165) is 11.8 Å². The van der Waals surface area contributed by atoms with E-state index in [1.54, 1.807) is 50.6 Å². The second kappa shape index (κ2) is 7.81. The molecule has 0 radical (unpaired) electrons. The van der Waals surface area contributed by atoms with Gasteiger partial charge in [-0.25, -0.2) is 4.79 Å². The molecule has 1 aliphatic rings. The first-order valence-corrected chi connectivity index (χ1v) is 9.00. The quantitative estimate of drug-likeness (QED) is 0.603. The lowest BCUT2D eigenvalue weighted by Crippen LogP contribution is -2.27. The van der Waals surface area contributed by atoms with Gasteiger partial charge >= 0.3 is 5.97 Å². The van der Waals surface area contributed by atoms with Crippen LogP contribution in [0.4, 0.5) is 5.69 Å². The van der Waals surface area contributed by atoms with Crippen LogP contribution in [0.3, 0.4) is 0 Å². The van der Waals surface area contributed by atoms with Gasteiger partial charge in [-0.2, -0.15) is 0 Å². The molecule has 1 heterocycles. The number of thiocarbonyl (C=S) groups is 1. The molecular formula is C19H15NO5S2. The summed E-state index contributed by atoms with van der Waals surface area (Å²) in [5.41, 5.74) is 1.18. The number of carboxylic acid groups (broad SMARTS) is 1. The van der Waals surface area contributed by atoms with Crippen LogP contribution in [0, 0.1) is 0 Å². The molecule has 1 saturated heterocycles. The molecule has 0 spiro atoms. The predicted molar refractivity (Wildman–Crippen MR) is 109 cm³/mol. The highest BCUT2D eigenvalue weighted by Crippen LogP contribution is 2.38. The molecule has 0 saturated carbocycles. The molecule has 0 atom stereocenters. The van der Waals surface area contributed by atoms with E-state index in [0.29, 0.717) is 32.0 Å². The molecule has 3 rings (SSSR count). The molecule has 2 aromatic rings. The van der Waals surface area contributed by atoms with Crippen LogP contribution in [0.15, 0.2) is 47.4 Å². The lowest BCUT2D eigenvalue weighted by Gasteiger charge is -2.14. The Morgan fingerprint density at radius 1 is 1.19 bits per heavy atom. The summed E-state index contributed by atoms with van der Waals surface area (Å²) in [7, 11) is 3.10. The van der Waals surface area contributed by atoms with Crippen molar-refractivity contribution in [2.45, 2.75) is 0 Å². The predicted octanol–water partition coefficient (Wildman–Crippen LogP) is 3.81. The molecule has 0 unspecified atom stereocenters. The van der Waals surface area contributed by atoms with Crippen molar-refractivity contribution in [3.8, 4) is 11.5 Å². The monoisotopic (exact) mass is 401 g/mol. The molecule has 1 N–H and O–H groups in total. The summed E-state index contributed by atoms with van der Waals surface area (Å²) in [4.78, 5) is 25.8. The maximum atomic E-state index is 12.9. The summed E-state index contributed by atoms with van der Waals surface area (Å²) < 4.78 is 10.9. The van der Waals surface area contributed by atoms with Crippen LogP contribution >= 0.6 is 24.0 Å². The fourth-order valence-electron chi connectivity index (χ4n) is 2.56. The molecule has 2 aromatic carbocycles. The smallest absolute Gasteiger partial charge is 0.335 e. The maximum absolute atomic E-state index is 12.9. The minimum Gasteiger partial charge on any atom is -0.497 e. The second-order valence-electron chi connectivity index (χ2n) is 5.48. The molecule has 138 valence electrons. The largest absolute Gasteiger partial charge is 0.497 e. The zero-order chi connectivity index (χ0) is 19.6. The van der Waals surface area contributed by atoms with Crippen molar-refractivity contribution in [2.75, 3.05) is 19.1 Å². The molecule has 0 aromatic heterocycles. The number of carbonyl (C=O) groups is 2. The number of methoxy groups -OCH3 is 2. The number of carbonyl (C=O) groups excluding carboxylic acids is 1. The fourth-order valence-corrected chi connectivity index (χ4v) is 3.85. The zero-order valence-corrected chi connectivity index (χ0v) is 16.1. The van der Waals surface area contributed by atoms with Crippen molar-refractivity contribution in [3.63, 3.8) is 0 Å². The number of rotatable bonds is 5. The van der Waals surface area contributed by atoms with Gasteiger partial charge in [-0.3, -0.25) is 9.69 Å². The first-order valence-electron chi connectivity index (χ1n) is 7.78. The van der Waals surface area contributed by atoms with Crippen LogP contribution in [0.2, 0.25) is 0 Å². The Morgan fingerprint density at radius 3 is 2.63 bits per heavy atom. The van der Waals surface area contributed by atoms with E-state index in [9.17, 15) is 9.59 Å². The first kappa shape index (κ1) is 18.9. The van der Waals surface area contributed by atoms with Gasteiger partial charge in [-0.1, -0.05) is 30.0 Å². The summed E-state index contributed by atoms with van der Waals surface area (Å²) in [6.45, 7) is 0. The summed E-state index contributed by atoms with van der Waals surface area (Å²) >= 11 is 6.48. The highest BCUT2D eigenvalue weighted by molar-refractivity contribution is 8.27. The van der Waals surface area contributed by atoms with Crippen LogP contribution in [0.25, 0.3) is 6.08 Å². The summed E-state index contributed by atoms with van der Waals surface area (Å²) in [5.74, 6) is -0.169. The molecule has 1 amide bonds.